The predicted molar refractivity (Wildman–Crippen MR) is 215 cm³/mol. The largest absolute Gasteiger partial charge is 0.406 e. The Bertz CT molecular complexity index is 1830. The average molecular weight is 796 g/mol. The lowest BCUT2D eigenvalue weighted by molar-refractivity contribution is -0.380. The van der Waals surface area contributed by atoms with Crippen molar-refractivity contribution in [3.63, 3.8) is 0 Å². The van der Waals surface area contributed by atoms with Crippen LogP contribution in [-0.2, 0) is 60.3 Å². The van der Waals surface area contributed by atoms with Crippen molar-refractivity contribution in [2.45, 2.75) is 120 Å². The highest BCUT2D eigenvalue weighted by Gasteiger charge is 2.56. The first-order valence-electron chi connectivity index (χ1n) is 20.1. The zero-order valence-corrected chi connectivity index (χ0v) is 34.4. The molecule has 0 spiro atoms. The van der Waals surface area contributed by atoms with E-state index in [-0.39, 0.29) is 11.6 Å². The minimum atomic E-state index is -2.48. The first-order valence-corrected chi connectivity index (χ1v) is 23.0. The molecule has 0 aliphatic carbocycles. The van der Waals surface area contributed by atoms with Crippen molar-refractivity contribution < 1.29 is 47.1 Å². The molecular weight excluding hydrogens is 741 g/mol. The lowest BCUT2D eigenvalue weighted by atomic mass is 9.96. The zero-order chi connectivity index (χ0) is 39.4. The summed E-state index contributed by atoms with van der Waals surface area (Å²) in [6.45, 7) is 14.1. The van der Waals surface area contributed by atoms with Gasteiger partial charge in [-0.2, -0.15) is 0 Å². The molecule has 10 nitrogen and oxygen atoms in total. The van der Waals surface area contributed by atoms with Crippen LogP contribution in [0.25, 0.3) is 0 Å². The third-order valence-corrected chi connectivity index (χ3v) is 16.1. The minimum absolute atomic E-state index is 0.126. The Morgan fingerprint density at radius 3 is 1.58 bits per heavy atom. The van der Waals surface area contributed by atoms with E-state index in [1.807, 2.05) is 109 Å². The van der Waals surface area contributed by atoms with Crippen molar-refractivity contribution in [3.8, 4) is 0 Å². The average Bonchev–Trinajstić information content (AvgIpc) is 3.23. The van der Waals surface area contributed by atoms with Crippen LogP contribution in [-0.4, -0.2) is 76.7 Å². The molecule has 4 aromatic carbocycles. The maximum Gasteiger partial charge on any atom is 0.192 e. The molecule has 0 aromatic heterocycles. The van der Waals surface area contributed by atoms with Crippen LogP contribution in [0.15, 0.2) is 121 Å². The van der Waals surface area contributed by atoms with Crippen molar-refractivity contribution in [2.24, 2.45) is 0 Å². The highest BCUT2D eigenvalue weighted by molar-refractivity contribution is 6.74. The fraction of sp³-hybridized carbons (Fsp3) is 0.457. The second-order valence-electron chi connectivity index (χ2n) is 16.7. The van der Waals surface area contributed by atoms with Gasteiger partial charge in [-0.1, -0.05) is 142 Å². The van der Waals surface area contributed by atoms with Crippen LogP contribution in [0.5, 0.6) is 0 Å². The van der Waals surface area contributed by atoms with E-state index in [0.717, 1.165) is 22.3 Å². The van der Waals surface area contributed by atoms with Gasteiger partial charge in [0.25, 0.3) is 0 Å². The van der Waals surface area contributed by atoms with Gasteiger partial charge in [-0.3, -0.25) is 0 Å². The van der Waals surface area contributed by atoms with Gasteiger partial charge in [0.1, 0.15) is 55.4 Å². The molecule has 4 aliphatic heterocycles. The van der Waals surface area contributed by atoms with Crippen LogP contribution in [0, 0.1) is 6.61 Å². The van der Waals surface area contributed by atoms with E-state index < -0.39 is 76.0 Å². The maximum atomic E-state index is 7.33. The first-order chi connectivity index (χ1) is 27.6. The molecule has 57 heavy (non-hydrogen) atoms. The molecule has 4 aromatic rings. The number of hydrogen-bond donors (Lipinski definition) is 0. The summed E-state index contributed by atoms with van der Waals surface area (Å²) in [5.41, 5.74) is 3.90. The van der Waals surface area contributed by atoms with Gasteiger partial charge >= 0.3 is 0 Å². The monoisotopic (exact) mass is 795 g/mol. The summed E-state index contributed by atoms with van der Waals surface area (Å²) in [6, 6.07) is 40.1. The molecule has 0 amide bonds. The Balaban J connectivity index is 1.12. The summed E-state index contributed by atoms with van der Waals surface area (Å²) in [5.74, 6) is 0. The normalized spacial score (nSPS) is 31.9. The molecule has 0 saturated carbocycles. The Labute approximate surface area is 337 Å². The fourth-order valence-electron chi connectivity index (χ4n) is 7.44. The van der Waals surface area contributed by atoms with Gasteiger partial charge < -0.3 is 47.1 Å². The Morgan fingerprint density at radius 1 is 0.579 bits per heavy atom. The zero-order valence-electron chi connectivity index (χ0n) is 33.4. The Kier molecular flexibility index (Phi) is 12.7. The SMILES string of the molecule is CC(C)(C)[Si](C)(C)O[C@@H]1[C@H](O[C@@H]2[CH]O[C@@H]3COC(c4ccccc4)O[C@H]3[C@@H]2OCc2ccccc2)O[C@@H]2COC(c3ccccc3)O[C@H]2[C@@H]1OCc1ccccc1. The second-order valence-corrected chi connectivity index (χ2v) is 21.4. The first kappa shape index (κ1) is 40.5. The summed E-state index contributed by atoms with van der Waals surface area (Å²) in [4.78, 5) is 0. The quantitative estimate of drug-likeness (QED) is 0.130. The summed E-state index contributed by atoms with van der Waals surface area (Å²) >= 11 is 0. The molecule has 8 rings (SSSR count). The van der Waals surface area contributed by atoms with Crippen LogP contribution < -0.4 is 0 Å². The van der Waals surface area contributed by atoms with Gasteiger partial charge in [0.2, 0.25) is 0 Å². The maximum absolute atomic E-state index is 7.33. The number of ether oxygens (including phenoxy) is 9. The van der Waals surface area contributed by atoms with Crippen LogP contribution >= 0.6 is 0 Å². The van der Waals surface area contributed by atoms with E-state index in [1.54, 1.807) is 6.61 Å². The topological polar surface area (TPSA) is 92.3 Å². The molecule has 4 fully saturated rings. The van der Waals surface area contributed by atoms with Crippen LogP contribution in [0.4, 0.5) is 0 Å². The molecule has 4 heterocycles. The van der Waals surface area contributed by atoms with Crippen LogP contribution in [0.2, 0.25) is 18.1 Å². The lowest BCUT2D eigenvalue weighted by Gasteiger charge is -2.53. The van der Waals surface area contributed by atoms with E-state index in [2.05, 4.69) is 46.0 Å². The summed E-state index contributed by atoms with van der Waals surface area (Å²) < 4.78 is 67.4. The van der Waals surface area contributed by atoms with E-state index in [1.165, 1.54) is 0 Å². The second kappa shape index (κ2) is 17.9. The summed E-state index contributed by atoms with van der Waals surface area (Å²) in [7, 11) is -2.48. The fourth-order valence-corrected chi connectivity index (χ4v) is 8.71. The highest BCUT2D eigenvalue weighted by Crippen LogP contribution is 2.44. The van der Waals surface area contributed by atoms with Crippen molar-refractivity contribution >= 4 is 8.32 Å². The number of hydrogen-bond acceptors (Lipinski definition) is 10. The van der Waals surface area contributed by atoms with Crippen LogP contribution in [0.3, 0.4) is 0 Å². The number of fused-ring (bicyclic) bond motifs is 2. The minimum Gasteiger partial charge on any atom is -0.406 e. The van der Waals surface area contributed by atoms with Gasteiger partial charge in [-0.05, 0) is 29.3 Å². The standard InChI is InChI=1S/C46H55O10Si/c1-46(2,3)57(4,5)56-42-41(49-27-32-20-12-7-13-21-32)40-37(30-51-44(55-40)34-24-16-9-17-25-34)53-45(42)52-36-29-47-35-28-50-43(33-22-14-8-15-23-33)54-39(35)38(36)48-26-31-18-10-6-11-19-31/h6-25,29,35-45H,26-28,30H2,1-5H3/t35-,36-,37-,38-,39-,40-,41+,42+,43?,44?,45-/m1/s1. The van der Waals surface area contributed by atoms with Gasteiger partial charge in [0, 0.05) is 11.1 Å². The highest BCUT2D eigenvalue weighted by atomic mass is 28.4. The molecule has 4 saturated heterocycles. The third kappa shape index (κ3) is 9.45. The number of rotatable bonds is 12. The predicted octanol–water partition coefficient (Wildman–Crippen LogP) is 8.45. The molecule has 4 aliphatic rings. The van der Waals surface area contributed by atoms with Crippen molar-refractivity contribution in [1.82, 2.24) is 0 Å². The van der Waals surface area contributed by atoms with Gasteiger partial charge in [0.05, 0.1) is 26.4 Å². The third-order valence-electron chi connectivity index (χ3n) is 11.6. The molecule has 1 radical (unpaired) electrons. The van der Waals surface area contributed by atoms with Gasteiger partial charge in [-0.15, -0.1) is 0 Å². The molecular formula is C46H55O10Si. The Hall–Kier alpha value is -3.30. The van der Waals surface area contributed by atoms with Crippen LogP contribution in [0.1, 0.15) is 55.6 Å². The van der Waals surface area contributed by atoms with Crippen molar-refractivity contribution in [3.05, 3.63) is 150 Å². The molecule has 0 bridgehead atoms. The van der Waals surface area contributed by atoms with Crippen molar-refractivity contribution in [1.29, 1.82) is 0 Å². The molecule has 2 unspecified atom stereocenters. The lowest BCUT2D eigenvalue weighted by Crippen LogP contribution is -2.67. The van der Waals surface area contributed by atoms with Gasteiger partial charge in [-0.25, -0.2) is 0 Å². The molecule has 303 valence electrons. The van der Waals surface area contributed by atoms with E-state index >= 15 is 0 Å². The van der Waals surface area contributed by atoms with E-state index in [4.69, 9.17) is 47.1 Å². The van der Waals surface area contributed by atoms with E-state index in [9.17, 15) is 0 Å². The summed E-state index contributed by atoms with van der Waals surface area (Å²) in [6.07, 6.45) is -6.62. The Morgan fingerprint density at radius 2 is 1.05 bits per heavy atom. The summed E-state index contributed by atoms with van der Waals surface area (Å²) in [5, 5.41) is -0.126. The molecule has 11 heteroatoms. The smallest absolute Gasteiger partial charge is 0.192 e. The van der Waals surface area contributed by atoms with Gasteiger partial charge in [0.15, 0.2) is 27.2 Å². The molecule has 11 atom stereocenters. The van der Waals surface area contributed by atoms with E-state index in [0.29, 0.717) is 19.8 Å². The van der Waals surface area contributed by atoms with Crippen molar-refractivity contribution in [2.75, 3.05) is 13.2 Å². The number of benzene rings is 4. The molecule has 0 N–H and O–H groups in total.